The van der Waals surface area contributed by atoms with E-state index in [1.807, 2.05) is 0 Å². The molecule has 0 saturated carbocycles. The van der Waals surface area contributed by atoms with Crippen LogP contribution in [0.2, 0.25) is 0 Å². The Hall–Kier alpha value is -1.36. The fraction of sp³-hybridized carbons (Fsp3) is 0.867. The molecular formula is C30H56O5. The number of aliphatic hydroxyl groups is 1. The predicted octanol–water partition coefficient (Wildman–Crippen LogP) is 8.22. The minimum absolute atomic E-state index is 0.0662. The van der Waals surface area contributed by atoms with Crippen LogP contribution in [0.5, 0.6) is 0 Å². The zero-order valence-corrected chi connectivity index (χ0v) is 23.1. The summed E-state index contributed by atoms with van der Waals surface area (Å²) in [5, 5.41) is 9.43. The third-order valence-corrected chi connectivity index (χ3v) is 6.31. The number of unbranched alkanes of at least 4 members (excludes halogenated alkanes) is 16. The molecule has 0 radical (unpaired) electrons. The number of hydrogen-bond donors (Lipinski definition) is 1. The minimum atomic E-state index is -0.764. The van der Waals surface area contributed by atoms with Crippen LogP contribution in [-0.2, 0) is 19.1 Å². The van der Waals surface area contributed by atoms with E-state index in [0.717, 1.165) is 44.9 Å². The normalized spacial score (nSPS) is 12.2. The predicted molar refractivity (Wildman–Crippen MR) is 145 cm³/mol. The van der Waals surface area contributed by atoms with Crippen molar-refractivity contribution in [3.8, 4) is 0 Å². The van der Waals surface area contributed by atoms with E-state index in [1.165, 1.54) is 77.0 Å². The standard InChI is InChI=1S/C30H56O5/c1-3-5-7-9-11-13-14-15-16-17-19-20-22-24-29(32)34-27-28(26-31)35-30(33)25-23-21-18-12-10-8-6-4-2/h13-14,28,31H,3-12,15-27H2,1-2H3/b14-13+/t28-/m0/s1. The van der Waals surface area contributed by atoms with Crippen molar-refractivity contribution in [2.24, 2.45) is 0 Å². The lowest BCUT2D eigenvalue weighted by Crippen LogP contribution is -2.28. The first-order chi connectivity index (χ1) is 17.1. The summed E-state index contributed by atoms with van der Waals surface area (Å²) < 4.78 is 10.5. The molecule has 0 unspecified atom stereocenters. The quantitative estimate of drug-likeness (QED) is 0.0741. The van der Waals surface area contributed by atoms with E-state index < -0.39 is 6.10 Å². The maximum Gasteiger partial charge on any atom is 0.306 e. The first-order valence-corrected chi connectivity index (χ1v) is 14.7. The van der Waals surface area contributed by atoms with Crippen molar-refractivity contribution in [1.29, 1.82) is 0 Å². The third-order valence-electron chi connectivity index (χ3n) is 6.31. The van der Waals surface area contributed by atoms with Crippen LogP contribution in [0.3, 0.4) is 0 Å². The van der Waals surface area contributed by atoms with Gasteiger partial charge in [0.1, 0.15) is 6.61 Å². The van der Waals surface area contributed by atoms with E-state index in [1.54, 1.807) is 0 Å². The van der Waals surface area contributed by atoms with E-state index in [4.69, 9.17) is 9.47 Å². The van der Waals surface area contributed by atoms with Gasteiger partial charge in [-0.3, -0.25) is 9.59 Å². The second kappa shape index (κ2) is 27.2. The average Bonchev–Trinajstić information content (AvgIpc) is 2.86. The van der Waals surface area contributed by atoms with E-state index in [0.29, 0.717) is 12.8 Å². The Morgan fingerprint density at radius 3 is 1.57 bits per heavy atom. The molecule has 5 nitrogen and oxygen atoms in total. The summed E-state index contributed by atoms with van der Waals surface area (Å²) in [5.41, 5.74) is 0. The second-order valence-electron chi connectivity index (χ2n) is 9.83. The van der Waals surface area contributed by atoms with Crippen molar-refractivity contribution in [2.45, 2.75) is 155 Å². The first kappa shape index (κ1) is 33.6. The highest BCUT2D eigenvalue weighted by atomic mass is 16.6. The Morgan fingerprint density at radius 2 is 1.06 bits per heavy atom. The van der Waals surface area contributed by atoms with Crippen LogP contribution < -0.4 is 0 Å². The van der Waals surface area contributed by atoms with Crippen molar-refractivity contribution in [3.05, 3.63) is 12.2 Å². The van der Waals surface area contributed by atoms with Gasteiger partial charge in [0.25, 0.3) is 0 Å². The van der Waals surface area contributed by atoms with E-state index >= 15 is 0 Å². The number of esters is 2. The summed E-state index contributed by atoms with van der Waals surface area (Å²) in [7, 11) is 0. The van der Waals surface area contributed by atoms with Gasteiger partial charge in [0, 0.05) is 12.8 Å². The Labute approximate surface area is 216 Å². The summed E-state index contributed by atoms with van der Waals surface area (Å²) in [6, 6.07) is 0. The van der Waals surface area contributed by atoms with Crippen LogP contribution in [0.1, 0.15) is 149 Å². The highest BCUT2D eigenvalue weighted by molar-refractivity contribution is 5.70. The molecule has 0 aromatic heterocycles. The van der Waals surface area contributed by atoms with Gasteiger partial charge >= 0.3 is 11.9 Å². The third kappa shape index (κ3) is 25.5. The van der Waals surface area contributed by atoms with Crippen LogP contribution in [0.25, 0.3) is 0 Å². The van der Waals surface area contributed by atoms with Gasteiger partial charge in [0.15, 0.2) is 6.10 Å². The highest BCUT2D eigenvalue weighted by Gasteiger charge is 2.16. The highest BCUT2D eigenvalue weighted by Crippen LogP contribution is 2.11. The smallest absolute Gasteiger partial charge is 0.306 e. The van der Waals surface area contributed by atoms with Gasteiger partial charge < -0.3 is 14.6 Å². The number of allylic oxidation sites excluding steroid dienone is 2. The fourth-order valence-electron chi connectivity index (χ4n) is 4.02. The maximum atomic E-state index is 12.0. The molecule has 0 aliphatic carbocycles. The molecule has 0 aliphatic rings. The summed E-state index contributed by atoms with van der Waals surface area (Å²) in [5.74, 6) is -0.606. The average molecular weight is 497 g/mol. The van der Waals surface area contributed by atoms with E-state index in [2.05, 4.69) is 26.0 Å². The lowest BCUT2D eigenvalue weighted by atomic mass is 10.1. The van der Waals surface area contributed by atoms with Gasteiger partial charge in [0.2, 0.25) is 0 Å². The summed E-state index contributed by atoms with van der Waals surface area (Å²) >= 11 is 0. The van der Waals surface area contributed by atoms with Crippen molar-refractivity contribution in [2.75, 3.05) is 13.2 Å². The van der Waals surface area contributed by atoms with Crippen LogP contribution in [0, 0.1) is 0 Å². The lowest BCUT2D eigenvalue weighted by molar-refractivity contribution is -0.161. The van der Waals surface area contributed by atoms with Crippen molar-refractivity contribution >= 4 is 11.9 Å². The molecule has 0 aliphatic heterocycles. The molecule has 5 heteroatoms. The molecule has 0 aromatic carbocycles. The largest absolute Gasteiger partial charge is 0.462 e. The zero-order valence-electron chi connectivity index (χ0n) is 23.1. The lowest BCUT2D eigenvalue weighted by Gasteiger charge is -2.15. The zero-order chi connectivity index (χ0) is 25.8. The van der Waals surface area contributed by atoms with Crippen molar-refractivity contribution in [3.63, 3.8) is 0 Å². The topological polar surface area (TPSA) is 72.8 Å². The molecule has 1 N–H and O–H groups in total. The number of carbonyl (C=O) groups is 2. The molecule has 0 bridgehead atoms. The number of rotatable bonds is 26. The molecule has 0 aromatic rings. The minimum Gasteiger partial charge on any atom is -0.462 e. The van der Waals surface area contributed by atoms with Gasteiger partial charge in [0.05, 0.1) is 6.61 Å². The first-order valence-electron chi connectivity index (χ1n) is 14.7. The van der Waals surface area contributed by atoms with Gasteiger partial charge in [-0.15, -0.1) is 0 Å². The number of hydrogen-bond acceptors (Lipinski definition) is 5. The van der Waals surface area contributed by atoms with Gasteiger partial charge in [-0.05, 0) is 38.5 Å². The Morgan fingerprint density at radius 1 is 0.629 bits per heavy atom. The molecule has 35 heavy (non-hydrogen) atoms. The fourth-order valence-corrected chi connectivity index (χ4v) is 4.02. The molecule has 0 rings (SSSR count). The molecule has 1 atom stereocenters. The second-order valence-corrected chi connectivity index (χ2v) is 9.83. The van der Waals surface area contributed by atoms with Crippen molar-refractivity contribution < 1.29 is 24.2 Å². The van der Waals surface area contributed by atoms with Crippen LogP contribution >= 0.6 is 0 Å². The Kier molecular flexibility index (Phi) is 26.2. The van der Waals surface area contributed by atoms with Gasteiger partial charge in [-0.2, -0.15) is 0 Å². The summed E-state index contributed by atoms with van der Waals surface area (Å²) in [6.45, 7) is 4.06. The van der Waals surface area contributed by atoms with Crippen LogP contribution in [0.15, 0.2) is 12.2 Å². The Balaban J connectivity index is 3.60. The van der Waals surface area contributed by atoms with E-state index in [-0.39, 0.29) is 25.2 Å². The number of aliphatic hydroxyl groups excluding tert-OH is 1. The monoisotopic (exact) mass is 496 g/mol. The number of ether oxygens (including phenoxy) is 2. The van der Waals surface area contributed by atoms with Gasteiger partial charge in [-0.25, -0.2) is 0 Å². The maximum absolute atomic E-state index is 12.0. The molecule has 0 amide bonds. The van der Waals surface area contributed by atoms with Crippen LogP contribution in [-0.4, -0.2) is 36.4 Å². The molecule has 0 fully saturated rings. The van der Waals surface area contributed by atoms with Crippen LogP contribution in [0.4, 0.5) is 0 Å². The van der Waals surface area contributed by atoms with E-state index in [9.17, 15) is 14.7 Å². The molecule has 0 saturated heterocycles. The summed E-state index contributed by atoms with van der Waals surface area (Å²) in [4.78, 5) is 23.9. The van der Waals surface area contributed by atoms with Gasteiger partial charge in [-0.1, -0.05) is 109 Å². The number of carbonyl (C=O) groups excluding carboxylic acids is 2. The molecular weight excluding hydrogens is 440 g/mol. The Bertz CT molecular complexity index is 503. The van der Waals surface area contributed by atoms with Crippen molar-refractivity contribution in [1.82, 2.24) is 0 Å². The molecule has 206 valence electrons. The molecule has 0 spiro atoms. The SMILES string of the molecule is CCCCCC/C=C/CCCCCCCC(=O)OC[C@H](CO)OC(=O)CCCCCCCCCC. The molecule has 0 heterocycles. The summed E-state index contributed by atoms with van der Waals surface area (Å²) in [6.07, 6.45) is 26.9.